The van der Waals surface area contributed by atoms with E-state index in [4.69, 9.17) is 16.3 Å². The Kier molecular flexibility index (Phi) is 5.63. The van der Waals surface area contributed by atoms with Crippen LogP contribution >= 0.6 is 11.6 Å². The minimum Gasteiger partial charge on any atom is -0.495 e. The first-order valence-corrected chi connectivity index (χ1v) is 10.3. The highest BCUT2D eigenvalue weighted by Crippen LogP contribution is 2.32. The fourth-order valence-electron chi connectivity index (χ4n) is 3.82. The molecular weight excluding hydrogens is 404 g/mol. The molecular formula is C22H23ClN4O3. The van der Waals surface area contributed by atoms with Gasteiger partial charge in [0, 0.05) is 49.2 Å². The molecule has 0 bridgehead atoms. The number of rotatable bonds is 4. The van der Waals surface area contributed by atoms with Crippen molar-refractivity contribution in [3.05, 3.63) is 63.5 Å². The van der Waals surface area contributed by atoms with Crippen LogP contribution in [0.2, 0.25) is 5.02 Å². The lowest BCUT2D eigenvalue weighted by Crippen LogP contribution is -2.49. The number of hydrogen-bond donors (Lipinski definition) is 0. The molecule has 1 aliphatic heterocycles. The van der Waals surface area contributed by atoms with Crippen molar-refractivity contribution < 1.29 is 9.53 Å². The molecule has 1 saturated heterocycles. The molecule has 1 amide bonds. The maximum absolute atomic E-state index is 13.3. The van der Waals surface area contributed by atoms with E-state index in [2.05, 4.69) is 10.00 Å². The van der Waals surface area contributed by atoms with Crippen LogP contribution in [-0.4, -0.2) is 53.9 Å². The van der Waals surface area contributed by atoms with E-state index in [1.165, 1.54) is 4.68 Å². The van der Waals surface area contributed by atoms with E-state index in [0.29, 0.717) is 60.0 Å². The number of aromatic nitrogens is 2. The number of aryl methyl sites for hydroxylation is 1. The summed E-state index contributed by atoms with van der Waals surface area (Å²) >= 11 is 6.07. The molecule has 0 radical (unpaired) electrons. The SMILES string of the molecule is CCn1nc(C(=O)N2CCN(c3ccc(Cl)cc3OC)CC2)c2ccccc2c1=O. The van der Waals surface area contributed by atoms with Gasteiger partial charge in [0.2, 0.25) is 0 Å². The fourth-order valence-corrected chi connectivity index (χ4v) is 3.98. The molecule has 0 atom stereocenters. The van der Waals surface area contributed by atoms with Gasteiger partial charge in [-0.15, -0.1) is 0 Å². The minimum atomic E-state index is -0.177. The summed E-state index contributed by atoms with van der Waals surface area (Å²) in [6.07, 6.45) is 0. The van der Waals surface area contributed by atoms with Gasteiger partial charge in [0.25, 0.3) is 11.5 Å². The monoisotopic (exact) mass is 426 g/mol. The summed E-state index contributed by atoms with van der Waals surface area (Å²) in [6.45, 7) is 4.67. The zero-order valence-electron chi connectivity index (χ0n) is 17.0. The van der Waals surface area contributed by atoms with Crippen LogP contribution in [-0.2, 0) is 6.54 Å². The molecule has 30 heavy (non-hydrogen) atoms. The lowest BCUT2D eigenvalue weighted by atomic mass is 10.1. The quantitative estimate of drug-likeness (QED) is 0.641. The van der Waals surface area contributed by atoms with Gasteiger partial charge < -0.3 is 14.5 Å². The lowest BCUT2D eigenvalue weighted by molar-refractivity contribution is 0.0740. The van der Waals surface area contributed by atoms with E-state index in [1.807, 2.05) is 25.1 Å². The fraction of sp³-hybridized carbons (Fsp3) is 0.318. The number of ether oxygens (including phenoxy) is 1. The van der Waals surface area contributed by atoms with Gasteiger partial charge in [-0.1, -0.05) is 29.8 Å². The van der Waals surface area contributed by atoms with Crippen molar-refractivity contribution in [2.45, 2.75) is 13.5 Å². The Morgan fingerprint density at radius 2 is 1.80 bits per heavy atom. The second kappa shape index (κ2) is 8.36. The molecule has 0 unspecified atom stereocenters. The average molecular weight is 427 g/mol. The van der Waals surface area contributed by atoms with Crippen molar-refractivity contribution in [2.24, 2.45) is 0 Å². The normalized spacial score (nSPS) is 14.2. The highest BCUT2D eigenvalue weighted by atomic mass is 35.5. The van der Waals surface area contributed by atoms with E-state index in [9.17, 15) is 9.59 Å². The number of benzene rings is 2. The van der Waals surface area contributed by atoms with E-state index in [0.717, 1.165) is 5.69 Å². The highest BCUT2D eigenvalue weighted by molar-refractivity contribution is 6.30. The van der Waals surface area contributed by atoms with Gasteiger partial charge in [0.1, 0.15) is 5.75 Å². The molecule has 0 N–H and O–H groups in total. The van der Waals surface area contributed by atoms with Gasteiger partial charge in [-0.3, -0.25) is 9.59 Å². The van der Waals surface area contributed by atoms with E-state index in [1.54, 1.807) is 36.3 Å². The van der Waals surface area contributed by atoms with Crippen molar-refractivity contribution in [2.75, 3.05) is 38.2 Å². The van der Waals surface area contributed by atoms with Crippen LogP contribution in [0.3, 0.4) is 0 Å². The summed E-state index contributed by atoms with van der Waals surface area (Å²) in [5.41, 5.74) is 1.10. The van der Waals surface area contributed by atoms with Crippen molar-refractivity contribution in [1.29, 1.82) is 0 Å². The van der Waals surface area contributed by atoms with Crippen molar-refractivity contribution in [1.82, 2.24) is 14.7 Å². The number of methoxy groups -OCH3 is 1. The Bertz CT molecular complexity index is 1150. The number of anilines is 1. The molecule has 0 aliphatic carbocycles. The summed E-state index contributed by atoms with van der Waals surface area (Å²) in [5, 5.41) is 6.10. The van der Waals surface area contributed by atoms with Gasteiger partial charge in [-0.05, 0) is 25.1 Å². The topological polar surface area (TPSA) is 67.7 Å². The number of carbonyl (C=O) groups is 1. The van der Waals surface area contributed by atoms with Crippen molar-refractivity contribution >= 4 is 34.0 Å². The second-order valence-corrected chi connectivity index (χ2v) is 7.55. The first-order valence-electron chi connectivity index (χ1n) is 9.91. The Hall–Kier alpha value is -3.06. The van der Waals surface area contributed by atoms with Crippen LogP contribution in [0.1, 0.15) is 17.4 Å². The number of amides is 1. The van der Waals surface area contributed by atoms with E-state index >= 15 is 0 Å². The highest BCUT2D eigenvalue weighted by Gasteiger charge is 2.26. The second-order valence-electron chi connectivity index (χ2n) is 7.11. The van der Waals surface area contributed by atoms with Crippen LogP contribution in [0, 0.1) is 0 Å². The molecule has 0 saturated carbocycles. The molecule has 1 aromatic heterocycles. The maximum Gasteiger partial charge on any atom is 0.275 e. The molecule has 2 aromatic carbocycles. The largest absolute Gasteiger partial charge is 0.495 e. The molecule has 0 spiro atoms. The van der Waals surface area contributed by atoms with Gasteiger partial charge in [0.15, 0.2) is 5.69 Å². The smallest absolute Gasteiger partial charge is 0.275 e. The summed E-state index contributed by atoms with van der Waals surface area (Å²) in [7, 11) is 1.62. The lowest BCUT2D eigenvalue weighted by Gasteiger charge is -2.36. The van der Waals surface area contributed by atoms with Gasteiger partial charge in [0.05, 0.1) is 18.2 Å². The Morgan fingerprint density at radius 1 is 1.10 bits per heavy atom. The number of halogens is 1. The minimum absolute atomic E-state index is 0.156. The summed E-state index contributed by atoms with van der Waals surface area (Å²) in [4.78, 5) is 29.8. The first kappa shape index (κ1) is 20.2. The average Bonchev–Trinajstić information content (AvgIpc) is 2.79. The maximum atomic E-state index is 13.3. The first-order chi connectivity index (χ1) is 14.5. The third-order valence-corrected chi connectivity index (χ3v) is 5.65. The van der Waals surface area contributed by atoms with Crippen LogP contribution in [0.5, 0.6) is 5.75 Å². The Morgan fingerprint density at radius 3 is 2.47 bits per heavy atom. The molecule has 1 aliphatic rings. The summed E-state index contributed by atoms with van der Waals surface area (Å²) < 4.78 is 6.81. The standard InChI is InChI=1S/C22H23ClN4O3/c1-3-27-21(28)17-7-5-4-6-16(17)20(24-27)22(29)26-12-10-25(11-13-26)18-9-8-15(23)14-19(18)30-2/h4-9,14H,3,10-13H2,1-2H3. The Balaban J connectivity index is 1.59. The molecule has 4 rings (SSSR count). The molecule has 156 valence electrons. The third-order valence-electron chi connectivity index (χ3n) is 5.42. The predicted octanol–water partition coefficient (Wildman–Crippen LogP) is 3.04. The zero-order valence-corrected chi connectivity index (χ0v) is 17.7. The zero-order chi connectivity index (χ0) is 21.3. The predicted molar refractivity (Wildman–Crippen MR) is 118 cm³/mol. The Labute approximate surface area is 179 Å². The summed E-state index contributed by atoms with van der Waals surface area (Å²) in [5.74, 6) is 0.557. The van der Waals surface area contributed by atoms with Crippen molar-refractivity contribution in [3.63, 3.8) is 0 Å². The molecule has 7 nitrogen and oxygen atoms in total. The molecule has 8 heteroatoms. The van der Waals surface area contributed by atoms with Crippen LogP contribution in [0.4, 0.5) is 5.69 Å². The number of hydrogen-bond acceptors (Lipinski definition) is 5. The third kappa shape index (κ3) is 3.61. The number of carbonyl (C=O) groups excluding carboxylic acids is 1. The van der Waals surface area contributed by atoms with Gasteiger partial charge in [-0.2, -0.15) is 5.10 Å². The number of fused-ring (bicyclic) bond motifs is 1. The summed E-state index contributed by atoms with van der Waals surface area (Å²) in [6, 6.07) is 12.7. The van der Waals surface area contributed by atoms with Gasteiger partial charge in [-0.25, -0.2) is 4.68 Å². The van der Waals surface area contributed by atoms with Crippen LogP contribution < -0.4 is 15.2 Å². The van der Waals surface area contributed by atoms with E-state index < -0.39 is 0 Å². The number of nitrogens with zero attached hydrogens (tertiary/aromatic N) is 4. The van der Waals surface area contributed by atoms with Crippen molar-refractivity contribution in [3.8, 4) is 5.75 Å². The molecule has 3 aromatic rings. The van der Waals surface area contributed by atoms with Gasteiger partial charge >= 0.3 is 0 Å². The molecule has 2 heterocycles. The number of piperazine rings is 1. The van der Waals surface area contributed by atoms with Crippen LogP contribution in [0.15, 0.2) is 47.3 Å². The van der Waals surface area contributed by atoms with E-state index in [-0.39, 0.29) is 11.5 Å². The van der Waals surface area contributed by atoms with Crippen LogP contribution in [0.25, 0.3) is 10.8 Å². The molecule has 1 fully saturated rings.